The second kappa shape index (κ2) is 9.91. The van der Waals surface area contributed by atoms with Gasteiger partial charge >= 0.3 is 0 Å². The van der Waals surface area contributed by atoms with Gasteiger partial charge in [-0.2, -0.15) is 0 Å². The number of amides is 2. The van der Waals surface area contributed by atoms with Gasteiger partial charge in [-0.05, 0) is 55.7 Å². The maximum Gasteiger partial charge on any atom is 0.227 e. The lowest BCUT2D eigenvalue weighted by Crippen LogP contribution is -2.47. The minimum absolute atomic E-state index is 0.00406. The van der Waals surface area contributed by atoms with Crippen LogP contribution in [0, 0.1) is 17.6 Å². The third-order valence-corrected chi connectivity index (χ3v) is 7.14. The number of aliphatic hydroxyl groups excluding tert-OH is 1. The van der Waals surface area contributed by atoms with Crippen LogP contribution in [0.15, 0.2) is 36.4 Å². The highest BCUT2D eigenvalue weighted by Gasteiger charge is 2.46. The Kier molecular flexibility index (Phi) is 6.71. The van der Waals surface area contributed by atoms with Gasteiger partial charge in [0.15, 0.2) is 0 Å². The summed E-state index contributed by atoms with van der Waals surface area (Å²) >= 11 is 0. The lowest BCUT2D eigenvalue weighted by Gasteiger charge is -2.37. The summed E-state index contributed by atoms with van der Waals surface area (Å²) in [5.41, 5.74) is 1.67. The Morgan fingerprint density at radius 2 is 1.94 bits per heavy atom. The summed E-state index contributed by atoms with van der Waals surface area (Å²) in [6.07, 6.45) is 1.88. The van der Waals surface area contributed by atoms with E-state index >= 15 is 0 Å². The fraction of sp³-hybridized carbons (Fsp3) is 0.462. The first kappa shape index (κ1) is 23.7. The molecule has 5 rings (SSSR count). The molecule has 186 valence electrons. The molecule has 0 spiro atoms. The number of ether oxygens (including phenoxy) is 2. The van der Waals surface area contributed by atoms with Crippen LogP contribution in [-0.4, -0.2) is 41.8 Å². The Bertz CT molecular complexity index is 1120. The third-order valence-electron chi connectivity index (χ3n) is 7.14. The summed E-state index contributed by atoms with van der Waals surface area (Å²) in [6.45, 7) is -0.409. The van der Waals surface area contributed by atoms with Crippen molar-refractivity contribution in [1.82, 2.24) is 5.32 Å². The van der Waals surface area contributed by atoms with Crippen molar-refractivity contribution < 1.29 is 33.0 Å². The van der Waals surface area contributed by atoms with E-state index in [0.717, 1.165) is 43.0 Å². The van der Waals surface area contributed by atoms with Gasteiger partial charge in [-0.1, -0.05) is 6.42 Å². The number of benzene rings is 2. The largest absolute Gasteiger partial charge is 0.487 e. The molecule has 0 aromatic heterocycles. The first-order valence-electron chi connectivity index (χ1n) is 12.0. The van der Waals surface area contributed by atoms with E-state index in [9.17, 15) is 23.5 Å². The van der Waals surface area contributed by atoms with Crippen LogP contribution < -0.4 is 15.4 Å². The van der Waals surface area contributed by atoms with Crippen LogP contribution in [0.2, 0.25) is 0 Å². The normalized spacial score (nSPS) is 25.1. The molecule has 1 aliphatic carbocycles. The highest BCUT2D eigenvalue weighted by atomic mass is 19.1. The number of fused-ring (bicyclic) bond motifs is 3. The quantitative estimate of drug-likeness (QED) is 0.558. The van der Waals surface area contributed by atoms with Crippen molar-refractivity contribution in [2.75, 3.05) is 11.9 Å². The molecule has 0 bridgehead atoms. The fourth-order valence-corrected chi connectivity index (χ4v) is 5.03. The topological polar surface area (TPSA) is 96.9 Å². The van der Waals surface area contributed by atoms with Gasteiger partial charge in [0.05, 0.1) is 19.1 Å². The predicted molar refractivity (Wildman–Crippen MR) is 123 cm³/mol. The van der Waals surface area contributed by atoms with Crippen LogP contribution in [0.25, 0.3) is 0 Å². The molecule has 2 aromatic carbocycles. The number of halogens is 2. The second-order valence-electron chi connectivity index (χ2n) is 9.49. The zero-order valence-electron chi connectivity index (χ0n) is 19.1. The van der Waals surface area contributed by atoms with Crippen molar-refractivity contribution in [3.63, 3.8) is 0 Å². The Morgan fingerprint density at radius 1 is 1.11 bits per heavy atom. The molecule has 7 nitrogen and oxygen atoms in total. The number of carbonyl (C=O) groups is 2. The highest BCUT2D eigenvalue weighted by molar-refractivity contribution is 5.93. The number of aliphatic hydroxyl groups is 1. The molecule has 4 atom stereocenters. The monoisotopic (exact) mass is 486 g/mol. The minimum atomic E-state index is -0.618. The first-order chi connectivity index (χ1) is 16.9. The van der Waals surface area contributed by atoms with Gasteiger partial charge in [-0.3, -0.25) is 9.59 Å². The number of nitrogens with one attached hydrogen (secondary N) is 2. The van der Waals surface area contributed by atoms with Gasteiger partial charge < -0.3 is 25.2 Å². The molecular formula is C26H28F2N2O5. The smallest absolute Gasteiger partial charge is 0.227 e. The molecular weight excluding hydrogens is 458 g/mol. The van der Waals surface area contributed by atoms with Gasteiger partial charge in [0.2, 0.25) is 11.8 Å². The van der Waals surface area contributed by atoms with Crippen molar-refractivity contribution in [2.24, 2.45) is 5.92 Å². The van der Waals surface area contributed by atoms with E-state index in [2.05, 4.69) is 10.6 Å². The zero-order chi connectivity index (χ0) is 24.5. The van der Waals surface area contributed by atoms with Crippen LogP contribution in [0.4, 0.5) is 14.5 Å². The van der Waals surface area contributed by atoms with Crippen molar-refractivity contribution in [3.8, 4) is 5.75 Å². The number of anilines is 1. The molecule has 2 amide bonds. The van der Waals surface area contributed by atoms with E-state index in [0.29, 0.717) is 17.9 Å². The van der Waals surface area contributed by atoms with E-state index in [1.54, 1.807) is 6.07 Å². The van der Waals surface area contributed by atoms with Crippen molar-refractivity contribution in [3.05, 3.63) is 59.2 Å². The summed E-state index contributed by atoms with van der Waals surface area (Å²) in [4.78, 5) is 24.9. The molecule has 2 aromatic rings. The maximum absolute atomic E-state index is 13.8. The van der Waals surface area contributed by atoms with Crippen LogP contribution in [-0.2, 0) is 20.9 Å². The molecule has 9 heteroatoms. The van der Waals surface area contributed by atoms with Crippen molar-refractivity contribution in [2.45, 2.75) is 62.9 Å². The van der Waals surface area contributed by atoms with E-state index in [-0.39, 0.29) is 48.8 Å². The van der Waals surface area contributed by atoms with E-state index in [1.165, 1.54) is 0 Å². The summed E-state index contributed by atoms with van der Waals surface area (Å²) in [7, 11) is 0. The predicted octanol–water partition coefficient (Wildman–Crippen LogP) is 3.40. The Hall–Kier alpha value is -3.04. The lowest BCUT2D eigenvalue weighted by molar-refractivity contribution is -0.142. The summed E-state index contributed by atoms with van der Waals surface area (Å²) in [5.74, 6) is -0.885. The Labute approximate surface area is 201 Å². The Balaban J connectivity index is 1.24. The maximum atomic E-state index is 13.8. The van der Waals surface area contributed by atoms with Gasteiger partial charge in [-0.25, -0.2) is 8.78 Å². The number of hydrogen-bond acceptors (Lipinski definition) is 5. The molecule has 2 heterocycles. The summed E-state index contributed by atoms with van der Waals surface area (Å²) < 4.78 is 39.2. The summed E-state index contributed by atoms with van der Waals surface area (Å²) in [5, 5.41) is 15.5. The molecule has 2 fully saturated rings. The fourth-order valence-electron chi connectivity index (χ4n) is 5.03. The molecule has 1 saturated heterocycles. The standard InChI is InChI=1S/C26H28F2N2O5/c27-16-4-6-21(28)15(8-16)12-29-24(32)11-18-10-20-19-9-17(30-26(33)14-2-1-3-14)5-7-22(19)35-25(20)23(13-31)34-18/h4-9,14,18,20,23,25,31H,1-3,10-13H2,(H,29,32)(H,30,33)/t18-,20-,23+,25+/m1/s1. The number of carbonyl (C=O) groups excluding carboxylic acids is 2. The first-order valence-corrected chi connectivity index (χ1v) is 12.0. The average Bonchev–Trinajstić information content (AvgIpc) is 3.16. The molecule has 3 aliphatic rings. The van der Waals surface area contributed by atoms with E-state index in [1.807, 2.05) is 12.1 Å². The second-order valence-corrected chi connectivity index (χ2v) is 9.49. The molecule has 1 saturated carbocycles. The van der Waals surface area contributed by atoms with Crippen molar-refractivity contribution >= 4 is 17.5 Å². The Morgan fingerprint density at radius 3 is 2.69 bits per heavy atom. The molecule has 2 aliphatic heterocycles. The van der Waals surface area contributed by atoms with E-state index < -0.39 is 29.9 Å². The van der Waals surface area contributed by atoms with E-state index in [4.69, 9.17) is 9.47 Å². The number of rotatable bonds is 7. The number of hydrogen-bond donors (Lipinski definition) is 3. The van der Waals surface area contributed by atoms with Crippen LogP contribution in [0.5, 0.6) is 5.75 Å². The average molecular weight is 487 g/mol. The van der Waals surface area contributed by atoms with Gasteiger partial charge in [0.1, 0.15) is 29.6 Å². The van der Waals surface area contributed by atoms with Crippen LogP contribution in [0.1, 0.15) is 49.1 Å². The zero-order valence-corrected chi connectivity index (χ0v) is 19.1. The SMILES string of the molecule is O=C(C[C@H]1C[C@@H]2c3cc(NC(=O)C4CCC4)ccc3O[C@@H]2[C@H](CO)O1)NCc1cc(F)ccc1F. The highest BCUT2D eigenvalue weighted by Crippen LogP contribution is 2.47. The van der Waals surface area contributed by atoms with Gasteiger partial charge in [0.25, 0.3) is 0 Å². The minimum Gasteiger partial charge on any atom is -0.487 e. The molecule has 35 heavy (non-hydrogen) atoms. The van der Waals surface area contributed by atoms with Crippen LogP contribution in [0.3, 0.4) is 0 Å². The lowest BCUT2D eigenvalue weighted by atomic mass is 9.83. The molecule has 0 radical (unpaired) electrons. The van der Waals surface area contributed by atoms with Gasteiger partial charge in [-0.15, -0.1) is 0 Å². The van der Waals surface area contributed by atoms with Crippen molar-refractivity contribution in [1.29, 1.82) is 0 Å². The van der Waals surface area contributed by atoms with Crippen LogP contribution >= 0.6 is 0 Å². The summed E-state index contributed by atoms with van der Waals surface area (Å²) in [6, 6.07) is 8.61. The molecule has 0 unspecified atom stereocenters. The molecule has 3 N–H and O–H groups in total. The van der Waals surface area contributed by atoms with Gasteiger partial charge in [0, 0.05) is 35.2 Å². The third kappa shape index (κ3) is 5.01.